The van der Waals surface area contributed by atoms with Gasteiger partial charge in [-0.2, -0.15) is 13.2 Å². The number of hydrogen-bond acceptors (Lipinski definition) is 1. The van der Waals surface area contributed by atoms with Crippen LogP contribution in [0.4, 0.5) is 13.2 Å². The van der Waals surface area contributed by atoms with Crippen molar-refractivity contribution < 1.29 is 18.3 Å². The molecule has 0 heterocycles. The Labute approximate surface area is 107 Å². The first-order chi connectivity index (χ1) is 8.25. The summed E-state index contributed by atoms with van der Waals surface area (Å²) in [4.78, 5) is 0. The van der Waals surface area contributed by atoms with Crippen molar-refractivity contribution in [3.63, 3.8) is 0 Å². The zero-order valence-corrected chi connectivity index (χ0v) is 10.2. The Kier molecular flexibility index (Phi) is 3.03. The van der Waals surface area contributed by atoms with E-state index in [4.69, 9.17) is 11.6 Å². The molecule has 5 heteroatoms. The van der Waals surface area contributed by atoms with Crippen molar-refractivity contribution in [2.45, 2.75) is 18.7 Å². The lowest BCUT2D eigenvalue weighted by atomic mass is 9.90. The fraction of sp³-hybridized carbons (Fsp3) is 0.231. The van der Waals surface area contributed by atoms with Gasteiger partial charge in [-0.05, 0) is 18.4 Å². The zero-order chi connectivity index (χ0) is 13.6. The average molecular weight is 275 g/mol. The molecule has 0 aliphatic heterocycles. The van der Waals surface area contributed by atoms with E-state index in [2.05, 4.69) is 0 Å². The number of hydrogen-bond donors (Lipinski definition) is 1. The zero-order valence-electron chi connectivity index (χ0n) is 9.42. The molecule has 0 saturated carbocycles. The number of aliphatic hydroxyl groups is 1. The van der Waals surface area contributed by atoms with Crippen LogP contribution >= 0.6 is 11.6 Å². The van der Waals surface area contributed by atoms with Crippen LogP contribution in [0.15, 0.2) is 36.4 Å². The molecule has 0 aliphatic rings. The Morgan fingerprint density at radius 2 is 1.56 bits per heavy atom. The molecule has 18 heavy (non-hydrogen) atoms. The van der Waals surface area contributed by atoms with Gasteiger partial charge in [-0.15, -0.1) is 0 Å². The molecule has 0 spiro atoms. The van der Waals surface area contributed by atoms with Crippen LogP contribution in [-0.2, 0) is 5.60 Å². The highest BCUT2D eigenvalue weighted by molar-refractivity contribution is 6.35. The lowest BCUT2D eigenvalue weighted by molar-refractivity contribution is -0.258. The van der Waals surface area contributed by atoms with Crippen LogP contribution in [0.1, 0.15) is 12.5 Å². The van der Waals surface area contributed by atoms with E-state index >= 15 is 0 Å². The molecule has 1 atom stereocenters. The topological polar surface area (TPSA) is 20.2 Å². The predicted octanol–water partition coefficient (Wildman–Crippen LogP) is 4.26. The van der Waals surface area contributed by atoms with Crippen molar-refractivity contribution in [3.05, 3.63) is 47.0 Å². The van der Waals surface area contributed by atoms with E-state index in [1.165, 1.54) is 18.2 Å². The minimum Gasteiger partial charge on any atom is -0.376 e. The number of halogens is 4. The molecule has 1 N–H and O–H groups in total. The smallest absolute Gasteiger partial charge is 0.376 e. The van der Waals surface area contributed by atoms with E-state index in [0.717, 1.165) is 6.92 Å². The third-order valence-corrected chi connectivity index (χ3v) is 3.27. The van der Waals surface area contributed by atoms with Crippen molar-refractivity contribution in [2.24, 2.45) is 0 Å². The van der Waals surface area contributed by atoms with Crippen LogP contribution in [-0.4, -0.2) is 11.3 Å². The average Bonchev–Trinajstić information content (AvgIpc) is 2.27. The van der Waals surface area contributed by atoms with Crippen LogP contribution < -0.4 is 0 Å². The van der Waals surface area contributed by atoms with E-state index < -0.39 is 11.8 Å². The summed E-state index contributed by atoms with van der Waals surface area (Å²) in [7, 11) is 0. The first-order valence-electron chi connectivity index (χ1n) is 5.22. The Hall–Kier alpha value is -1.26. The molecule has 0 aliphatic carbocycles. The van der Waals surface area contributed by atoms with Crippen LogP contribution in [0.5, 0.6) is 0 Å². The van der Waals surface area contributed by atoms with E-state index in [9.17, 15) is 18.3 Å². The van der Waals surface area contributed by atoms with Gasteiger partial charge in [-0.25, -0.2) is 0 Å². The molecule has 2 aromatic carbocycles. The third-order valence-electron chi connectivity index (χ3n) is 2.95. The van der Waals surface area contributed by atoms with Gasteiger partial charge in [-0.1, -0.05) is 41.9 Å². The lowest BCUT2D eigenvalue weighted by Crippen LogP contribution is -2.39. The summed E-state index contributed by atoms with van der Waals surface area (Å²) in [6.45, 7) is 0.739. The van der Waals surface area contributed by atoms with Crippen LogP contribution in [0.2, 0.25) is 5.02 Å². The fourth-order valence-electron chi connectivity index (χ4n) is 1.85. The summed E-state index contributed by atoms with van der Waals surface area (Å²) in [5.74, 6) is 0. The van der Waals surface area contributed by atoms with Gasteiger partial charge in [0.05, 0.1) is 0 Å². The summed E-state index contributed by atoms with van der Waals surface area (Å²) in [5, 5.41) is 10.9. The molecule has 0 aromatic heterocycles. The van der Waals surface area contributed by atoms with Gasteiger partial charge in [0.15, 0.2) is 5.60 Å². The Morgan fingerprint density at radius 3 is 2.17 bits per heavy atom. The second kappa shape index (κ2) is 4.14. The van der Waals surface area contributed by atoms with Crippen molar-refractivity contribution in [2.75, 3.05) is 0 Å². The molecule has 0 radical (unpaired) electrons. The van der Waals surface area contributed by atoms with Crippen molar-refractivity contribution in [3.8, 4) is 0 Å². The highest BCUT2D eigenvalue weighted by Gasteiger charge is 2.51. The van der Waals surface area contributed by atoms with Crippen LogP contribution in [0.25, 0.3) is 10.8 Å². The van der Waals surface area contributed by atoms with Gasteiger partial charge < -0.3 is 5.11 Å². The van der Waals surface area contributed by atoms with Crippen molar-refractivity contribution in [1.29, 1.82) is 0 Å². The number of alkyl halides is 3. The molecule has 2 rings (SSSR count). The van der Waals surface area contributed by atoms with Gasteiger partial charge in [0, 0.05) is 16.0 Å². The second-order valence-corrected chi connectivity index (χ2v) is 4.62. The van der Waals surface area contributed by atoms with Crippen LogP contribution in [0, 0.1) is 0 Å². The summed E-state index contributed by atoms with van der Waals surface area (Å²) in [6.07, 6.45) is -4.75. The molecule has 96 valence electrons. The van der Waals surface area contributed by atoms with Gasteiger partial charge in [-0.3, -0.25) is 0 Å². The maximum absolute atomic E-state index is 12.9. The Bertz CT molecular complexity index is 590. The first-order valence-corrected chi connectivity index (χ1v) is 5.60. The molecule has 0 bridgehead atoms. The predicted molar refractivity (Wildman–Crippen MR) is 64.6 cm³/mol. The maximum Gasteiger partial charge on any atom is 0.421 e. The van der Waals surface area contributed by atoms with E-state index in [1.54, 1.807) is 18.2 Å². The van der Waals surface area contributed by atoms with Crippen molar-refractivity contribution in [1.82, 2.24) is 0 Å². The number of fused-ring (bicyclic) bond motifs is 1. The van der Waals surface area contributed by atoms with Gasteiger partial charge in [0.1, 0.15) is 0 Å². The van der Waals surface area contributed by atoms with Gasteiger partial charge >= 0.3 is 6.18 Å². The third kappa shape index (κ3) is 1.95. The van der Waals surface area contributed by atoms with Crippen LogP contribution in [0.3, 0.4) is 0 Å². The molecule has 0 fully saturated rings. The van der Waals surface area contributed by atoms with E-state index in [-0.39, 0.29) is 5.56 Å². The standard InChI is InChI=1S/C13H10ClF3O/c1-12(18,13(15,16)17)10-6-2-5-9-8(10)4-3-7-11(9)14/h2-7,18H,1H3. The number of benzene rings is 2. The molecule has 0 saturated heterocycles. The van der Waals surface area contributed by atoms with E-state index in [1.807, 2.05) is 0 Å². The Balaban J connectivity index is 2.77. The number of rotatable bonds is 1. The largest absolute Gasteiger partial charge is 0.421 e. The Morgan fingerprint density at radius 1 is 1.00 bits per heavy atom. The SMILES string of the molecule is CC(O)(c1cccc2c(Cl)cccc12)C(F)(F)F. The monoisotopic (exact) mass is 274 g/mol. The molecular formula is C13H10ClF3O. The first kappa shape index (κ1) is 13.2. The lowest BCUT2D eigenvalue weighted by Gasteiger charge is -2.28. The van der Waals surface area contributed by atoms with Gasteiger partial charge in [0.2, 0.25) is 0 Å². The normalized spacial score (nSPS) is 15.7. The summed E-state index contributed by atoms with van der Waals surface area (Å²) < 4.78 is 38.6. The molecule has 0 amide bonds. The minimum atomic E-state index is -4.75. The minimum absolute atomic E-state index is 0.199. The maximum atomic E-state index is 12.9. The quantitative estimate of drug-likeness (QED) is 0.824. The highest BCUT2D eigenvalue weighted by Crippen LogP contribution is 2.41. The van der Waals surface area contributed by atoms with Gasteiger partial charge in [0.25, 0.3) is 0 Å². The molecule has 1 unspecified atom stereocenters. The molecule has 2 aromatic rings. The summed E-state index contributed by atoms with van der Waals surface area (Å²) in [6, 6.07) is 8.98. The highest BCUT2D eigenvalue weighted by atomic mass is 35.5. The summed E-state index contributed by atoms with van der Waals surface area (Å²) in [5.41, 5.74) is -3.10. The fourth-order valence-corrected chi connectivity index (χ4v) is 2.09. The van der Waals surface area contributed by atoms with E-state index in [0.29, 0.717) is 15.8 Å². The summed E-state index contributed by atoms with van der Waals surface area (Å²) >= 11 is 5.93. The van der Waals surface area contributed by atoms with Crippen molar-refractivity contribution >= 4 is 22.4 Å². The second-order valence-electron chi connectivity index (χ2n) is 4.21. The molecule has 1 nitrogen and oxygen atoms in total. The molecular weight excluding hydrogens is 265 g/mol.